The van der Waals surface area contributed by atoms with E-state index in [9.17, 15) is 10.2 Å². The summed E-state index contributed by atoms with van der Waals surface area (Å²) in [6.45, 7) is 0. The summed E-state index contributed by atoms with van der Waals surface area (Å²) in [7, 11) is 0. The van der Waals surface area contributed by atoms with Gasteiger partial charge in [0.15, 0.2) is 11.5 Å². The Morgan fingerprint density at radius 3 is 3.05 bits per heavy atom. The van der Waals surface area contributed by atoms with Gasteiger partial charge in [0.05, 0.1) is 0 Å². The summed E-state index contributed by atoms with van der Waals surface area (Å²) in [5, 5.41) is 20.6. The number of hydrogen-bond donors (Lipinski definition) is 2. The van der Waals surface area contributed by atoms with Crippen LogP contribution in [0.5, 0.6) is 11.5 Å². The van der Waals surface area contributed by atoms with E-state index < -0.39 is 6.10 Å². The van der Waals surface area contributed by atoms with Gasteiger partial charge in [-0.1, -0.05) is 24.6 Å². The Morgan fingerprint density at radius 1 is 1.25 bits per heavy atom. The SMILES string of the molecule is Oc1ccc2c3c1O[C@H]1[C@@H](O)C=CC4[C@H](CCC[C@@]341)C2. The zero-order chi connectivity index (χ0) is 13.5. The lowest BCUT2D eigenvalue weighted by atomic mass is 9.50. The standard InChI is InChI=1S/C17H18O3/c18-12-5-3-10-8-9-2-1-7-17-11(9)4-6-13(19)16(17)20-15(12)14(10)17/h3-6,9,11,13,16,18-19H,1-2,7-8H2/t9-,11?,13+,16+,17+/m1/s1. The van der Waals surface area contributed by atoms with Crippen LogP contribution in [-0.4, -0.2) is 22.4 Å². The third kappa shape index (κ3) is 1.05. The third-order valence-corrected chi connectivity index (χ3v) is 6.02. The number of phenolic OH excluding ortho intramolecular Hbond substituents is 1. The smallest absolute Gasteiger partial charge is 0.165 e. The van der Waals surface area contributed by atoms with Gasteiger partial charge in [0.2, 0.25) is 0 Å². The van der Waals surface area contributed by atoms with Crippen molar-refractivity contribution in [2.45, 2.75) is 43.3 Å². The van der Waals surface area contributed by atoms with Crippen LogP contribution in [0.3, 0.4) is 0 Å². The fourth-order valence-electron chi connectivity index (χ4n) is 5.38. The Bertz CT molecular complexity index is 635. The number of benzene rings is 1. The maximum Gasteiger partial charge on any atom is 0.165 e. The van der Waals surface area contributed by atoms with Crippen molar-refractivity contribution < 1.29 is 14.9 Å². The number of aromatic hydroxyl groups is 1. The van der Waals surface area contributed by atoms with Gasteiger partial charge >= 0.3 is 0 Å². The zero-order valence-electron chi connectivity index (χ0n) is 11.2. The molecule has 0 aromatic heterocycles. The molecule has 1 aromatic carbocycles. The Balaban J connectivity index is 1.86. The molecule has 5 atom stereocenters. The molecule has 0 amide bonds. The summed E-state index contributed by atoms with van der Waals surface area (Å²) in [4.78, 5) is 0. The van der Waals surface area contributed by atoms with E-state index in [-0.39, 0.29) is 17.3 Å². The monoisotopic (exact) mass is 270 g/mol. The van der Waals surface area contributed by atoms with E-state index in [1.807, 2.05) is 6.08 Å². The molecule has 3 nitrogen and oxygen atoms in total. The van der Waals surface area contributed by atoms with E-state index in [0.29, 0.717) is 17.6 Å². The maximum atomic E-state index is 10.4. The van der Waals surface area contributed by atoms with E-state index >= 15 is 0 Å². The molecule has 3 aliphatic carbocycles. The van der Waals surface area contributed by atoms with Gasteiger partial charge in [0.1, 0.15) is 12.2 Å². The van der Waals surface area contributed by atoms with Crippen LogP contribution in [0.4, 0.5) is 0 Å². The van der Waals surface area contributed by atoms with Crippen LogP contribution in [0.1, 0.15) is 30.4 Å². The normalized spacial score (nSPS) is 43.0. The Hall–Kier alpha value is -1.48. The molecule has 1 aromatic rings. The number of rotatable bonds is 0. The molecule has 0 radical (unpaired) electrons. The molecule has 1 spiro atoms. The van der Waals surface area contributed by atoms with Gasteiger partial charge in [-0.25, -0.2) is 0 Å². The molecule has 2 N–H and O–H groups in total. The fourth-order valence-corrected chi connectivity index (χ4v) is 5.38. The number of allylic oxidation sites excluding steroid dienone is 1. The average Bonchev–Trinajstić information content (AvgIpc) is 2.78. The van der Waals surface area contributed by atoms with E-state index in [1.54, 1.807) is 6.07 Å². The second-order valence-electron chi connectivity index (χ2n) is 6.78. The minimum atomic E-state index is -0.567. The van der Waals surface area contributed by atoms with Gasteiger partial charge in [0.25, 0.3) is 0 Å². The largest absolute Gasteiger partial charge is 0.504 e. The van der Waals surface area contributed by atoms with Crippen molar-refractivity contribution in [3.05, 3.63) is 35.4 Å². The predicted molar refractivity (Wildman–Crippen MR) is 73.9 cm³/mol. The molecule has 1 unspecified atom stereocenters. The molecule has 104 valence electrons. The van der Waals surface area contributed by atoms with Crippen LogP contribution in [0, 0.1) is 11.8 Å². The summed E-state index contributed by atoms with van der Waals surface area (Å²) in [6, 6.07) is 3.80. The lowest BCUT2D eigenvalue weighted by Gasteiger charge is -2.53. The quantitative estimate of drug-likeness (QED) is 0.711. The Morgan fingerprint density at radius 2 is 2.15 bits per heavy atom. The highest BCUT2D eigenvalue weighted by Gasteiger charge is 2.63. The van der Waals surface area contributed by atoms with Crippen LogP contribution in [-0.2, 0) is 11.8 Å². The molecule has 4 aliphatic rings. The number of hydrogen-bond acceptors (Lipinski definition) is 3. The molecule has 2 bridgehead atoms. The summed E-state index contributed by atoms with van der Waals surface area (Å²) < 4.78 is 6.07. The topological polar surface area (TPSA) is 49.7 Å². The van der Waals surface area contributed by atoms with Gasteiger partial charge in [-0.05, 0) is 42.7 Å². The molecule has 5 rings (SSSR count). The molecule has 1 saturated carbocycles. The van der Waals surface area contributed by atoms with Crippen molar-refractivity contribution >= 4 is 0 Å². The van der Waals surface area contributed by atoms with Crippen molar-refractivity contribution in [2.24, 2.45) is 11.8 Å². The van der Waals surface area contributed by atoms with Gasteiger partial charge in [-0.2, -0.15) is 0 Å². The van der Waals surface area contributed by atoms with Gasteiger partial charge in [-0.15, -0.1) is 0 Å². The van der Waals surface area contributed by atoms with Gasteiger partial charge in [0, 0.05) is 11.0 Å². The van der Waals surface area contributed by atoms with Crippen LogP contribution in [0.15, 0.2) is 24.3 Å². The van der Waals surface area contributed by atoms with Crippen molar-refractivity contribution in [2.75, 3.05) is 0 Å². The van der Waals surface area contributed by atoms with E-state index in [2.05, 4.69) is 12.1 Å². The number of aliphatic hydroxyl groups is 1. The highest BCUT2D eigenvalue weighted by molar-refractivity contribution is 5.61. The molecule has 1 aliphatic heterocycles. The summed E-state index contributed by atoms with van der Waals surface area (Å²) in [6.07, 6.45) is 7.92. The van der Waals surface area contributed by atoms with Crippen molar-refractivity contribution in [3.8, 4) is 11.5 Å². The second-order valence-corrected chi connectivity index (χ2v) is 6.78. The molecule has 1 fully saturated rings. The minimum absolute atomic E-state index is 0.0985. The van der Waals surface area contributed by atoms with E-state index in [0.717, 1.165) is 12.8 Å². The van der Waals surface area contributed by atoms with Gasteiger partial charge < -0.3 is 14.9 Å². The second kappa shape index (κ2) is 3.40. The lowest BCUT2D eigenvalue weighted by molar-refractivity contribution is -0.0272. The van der Waals surface area contributed by atoms with Crippen LogP contribution in [0.25, 0.3) is 0 Å². The molecular formula is C17H18O3. The Kier molecular flexibility index (Phi) is 1.90. The first-order valence-corrected chi connectivity index (χ1v) is 7.60. The van der Waals surface area contributed by atoms with Crippen molar-refractivity contribution in [3.63, 3.8) is 0 Å². The van der Waals surface area contributed by atoms with E-state index in [1.165, 1.54) is 24.0 Å². The minimum Gasteiger partial charge on any atom is -0.504 e. The summed E-state index contributed by atoms with van der Waals surface area (Å²) >= 11 is 0. The molecule has 20 heavy (non-hydrogen) atoms. The Labute approximate surface area is 117 Å². The summed E-state index contributed by atoms with van der Waals surface area (Å²) in [5.74, 6) is 1.98. The molecular weight excluding hydrogens is 252 g/mol. The van der Waals surface area contributed by atoms with Crippen molar-refractivity contribution in [1.29, 1.82) is 0 Å². The number of ether oxygens (including phenoxy) is 1. The predicted octanol–water partition coefficient (Wildman–Crippen LogP) is 2.29. The van der Waals surface area contributed by atoms with Crippen LogP contribution < -0.4 is 4.74 Å². The highest BCUT2D eigenvalue weighted by atomic mass is 16.5. The first kappa shape index (κ1) is 11.2. The summed E-state index contributed by atoms with van der Waals surface area (Å²) in [5.41, 5.74) is 2.43. The first-order valence-electron chi connectivity index (χ1n) is 7.60. The van der Waals surface area contributed by atoms with Crippen LogP contribution in [0.2, 0.25) is 0 Å². The van der Waals surface area contributed by atoms with E-state index in [4.69, 9.17) is 4.74 Å². The number of phenols is 1. The first-order chi connectivity index (χ1) is 9.72. The van der Waals surface area contributed by atoms with Crippen molar-refractivity contribution in [1.82, 2.24) is 0 Å². The maximum absolute atomic E-state index is 10.4. The number of aliphatic hydroxyl groups excluding tert-OH is 1. The lowest BCUT2D eigenvalue weighted by Crippen LogP contribution is -2.57. The zero-order valence-corrected chi connectivity index (χ0v) is 11.2. The molecule has 0 saturated heterocycles. The van der Waals surface area contributed by atoms with Crippen LogP contribution >= 0.6 is 0 Å². The molecule has 1 heterocycles. The average molecular weight is 270 g/mol. The van der Waals surface area contributed by atoms with Gasteiger partial charge in [-0.3, -0.25) is 0 Å². The third-order valence-electron chi connectivity index (χ3n) is 6.02. The molecule has 3 heteroatoms. The fraction of sp³-hybridized carbons (Fsp3) is 0.529. The highest BCUT2D eigenvalue weighted by Crippen LogP contribution is 2.64.